The third-order valence-corrected chi connectivity index (χ3v) is 4.33. The normalized spacial score (nSPS) is 11.7. The topological polar surface area (TPSA) is 92.6 Å². The van der Waals surface area contributed by atoms with Gasteiger partial charge in [-0.05, 0) is 13.1 Å². The molecule has 0 aliphatic carbocycles. The van der Waals surface area contributed by atoms with Crippen molar-refractivity contribution in [3.05, 3.63) is 34.4 Å². The number of hydrogen-bond donors (Lipinski definition) is 1. The van der Waals surface area contributed by atoms with Gasteiger partial charge in [0.2, 0.25) is 10.0 Å². The van der Waals surface area contributed by atoms with Crippen molar-refractivity contribution in [2.45, 2.75) is 4.90 Å². The number of rotatable bonds is 6. The van der Waals surface area contributed by atoms with Crippen LogP contribution in [0.3, 0.4) is 0 Å². The Bertz CT molecular complexity index is 530. The van der Waals surface area contributed by atoms with Crippen LogP contribution in [0, 0.1) is 10.1 Å². The maximum Gasteiger partial charge on any atom is 0.289 e. The minimum absolute atomic E-state index is 0.241. The van der Waals surface area contributed by atoms with Crippen LogP contribution in [0.2, 0.25) is 0 Å². The highest BCUT2D eigenvalue weighted by atomic mass is 32.2. The number of nitrogens with zero attached hydrogens (tertiary/aromatic N) is 2. The van der Waals surface area contributed by atoms with Gasteiger partial charge in [-0.3, -0.25) is 10.1 Å². The van der Waals surface area contributed by atoms with Gasteiger partial charge in [0.05, 0.1) is 4.92 Å². The maximum absolute atomic E-state index is 12.2. The van der Waals surface area contributed by atoms with Crippen molar-refractivity contribution in [1.82, 2.24) is 9.62 Å². The molecule has 0 fully saturated rings. The molecule has 7 nitrogen and oxygen atoms in total. The summed E-state index contributed by atoms with van der Waals surface area (Å²) in [6.45, 7) is 0.710. The van der Waals surface area contributed by atoms with Gasteiger partial charge in [0, 0.05) is 26.2 Å². The summed E-state index contributed by atoms with van der Waals surface area (Å²) in [7, 11) is -0.743. The quantitative estimate of drug-likeness (QED) is 0.599. The Kier molecular flexibility index (Phi) is 4.76. The van der Waals surface area contributed by atoms with Crippen molar-refractivity contribution in [3.63, 3.8) is 0 Å². The van der Waals surface area contributed by atoms with E-state index in [9.17, 15) is 18.5 Å². The highest BCUT2D eigenvalue weighted by molar-refractivity contribution is 7.89. The van der Waals surface area contributed by atoms with E-state index in [0.717, 1.165) is 4.31 Å². The molecule has 0 bridgehead atoms. The lowest BCUT2D eigenvalue weighted by molar-refractivity contribution is -0.387. The minimum atomic E-state index is -3.84. The van der Waals surface area contributed by atoms with Crippen molar-refractivity contribution in [1.29, 1.82) is 0 Å². The monoisotopic (exact) mass is 273 g/mol. The molecule has 0 spiro atoms. The molecule has 0 amide bonds. The van der Waals surface area contributed by atoms with E-state index in [-0.39, 0.29) is 11.4 Å². The lowest BCUT2D eigenvalue weighted by Crippen LogP contribution is -2.33. The van der Waals surface area contributed by atoms with Crippen LogP contribution in [0.5, 0.6) is 0 Å². The van der Waals surface area contributed by atoms with E-state index in [0.29, 0.717) is 6.54 Å². The lowest BCUT2D eigenvalue weighted by atomic mass is 10.3. The molecule has 0 unspecified atom stereocenters. The zero-order valence-electron chi connectivity index (χ0n) is 10.2. The van der Waals surface area contributed by atoms with Crippen LogP contribution in [0.25, 0.3) is 0 Å². The largest absolute Gasteiger partial charge is 0.318 e. The molecule has 1 N–H and O–H groups in total. The summed E-state index contributed by atoms with van der Waals surface area (Å²) in [6.07, 6.45) is 0. The molecular formula is C10H15N3O4S. The third-order valence-electron chi connectivity index (χ3n) is 2.43. The fourth-order valence-corrected chi connectivity index (χ4v) is 2.71. The Morgan fingerprint density at radius 3 is 2.56 bits per heavy atom. The van der Waals surface area contributed by atoms with E-state index in [1.54, 1.807) is 7.05 Å². The Balaban J connectivity index is 3.16. The fraction of sp³-hybridized carbons (Fsp3) is 0.400. The molecule has 0 saturated heterocycles. The number of benzene rings is 1. The van der Waals surface area contributed by atoms with Gasteiger partial charge in [-0.1, -0.05) is 12.1 Å². The van der Waals surface area contributed by atoms with Gasteiger partial charge in [-0.25, -0.2) is 8.42 Å². The minimum Gasteiger partial charge on any atom is -0.318 e. The summed E-state index contributed by atoms with van der Waals surface area (Å²) < 4.78 is 25.4. The second-order valence-electron chi connectivity index (χ2n) is 3.65. The lowest BCUT2D eigenvalue weighted by Gasteiger charge is -2.16. The predicted molar refractivity (Wildman–Crippen MR) is 66.8 cm³/mol. The Labute approximate surface area is 106 Å². The van der Waals surface area contributed by atoms with Crippen molar-refractivity contribution in [3.8, 4) is 0 Å². The number of para-hydroxylation sites is 1. The Hall–Kier alpha value is -1.51. The smallest absolute Gasteiger partial charge is 0.289 e. The number of nitrogens with one attached hydrogen (secondary N) is 1. The predicted octanol–water partition coefficient (Wildman–Crippen LogP) is 0.435. The van der Waals surface area contributed by atoms with Gasteiger partial charge in [-0.2, -0.15) is 4.31 Å². The van der Waals surface area contributed by atoms with E-state index >= 15 is 0 Å². The molecule has 8 heteroatoms. The van der Waals surface area contributed by atoms with Crippen LogP contribution in [0.4, 0.5) is 5.69 Å². The fourth-order valence-electron chi connectivity index (χ4n) is 1.38. The molecular weight excluding hydrogens is 258 g/mol. The van der Waals surface area contributed by atoms with E-state index in [2.05, 4.69) is 5.32 Å². The average Bonchev–Trinajstić information content (AvgIpc) is 2.35. The van der Waals surface area contributed by atoms with E-state index < -0.39 is 20.6 Å². The van der Waals surface area contributed by atoms with Crippen LogP contribution < -0.4 is 5.32 Å². The molecule has 0 atom stereocenters. The summed E-state index contributed by atoms with van der Waals surface area (Å²) in [5, 5.41) is 13.6. The van der Waals surface area contributed by atoms with Gasteiger partial charge in [-0.15, -0.1) is 0 Å². The van der Waals surface area contributed by atoms with Gasteiger partial charge in [0.25, 0.3) is 5.69 Å². The van der Waals surface area contributed by atoms with Gasteiger partial charge >= 0.3 is 0 Å². The Morgan fingerprint density at radius 2 is 2.00 bits per heavy atom. The van der Waals surface area contributed by atoms with E-state index in [1.807, 2.05) is 0 Å². The molecule has 0 saturated carbocycles. The van der Waals surface area contributed by atoms with E-state index in [4.69, 9.17) is 0 Å². The molecule has 0 heterocycles. The summed E-state index contributed by atoms with van der Waals surface area (Å²) in [6, 6.07) is 5.32. The Morgan fingerprint density at radius 1 is 1.39 bits per heavy atom. The average molecular weight is 273 g/mol. The standard InChI is InChI=1S/C10H15N3O4S/c1-11-7-8-12(2)18(16,17)10-6-4-3-5-9(10)13(14)15/h3-6,11H,7-8H2,1-2H3. The number of nitro benzene ring substituents is 1. The highest BCUT2D eigenvalue weighted by Crippen LogP contribution is 2.25. The van der Waals surface area contributed by atoms with Crippen LogP contribution in [0.1, 0.15) is 0 Å². The molecule has 1 aromatic rings. The molecule has 1 aromatic carbocycles. The summed E-state index contributed by atoms with van der Waals surface area (Å²) >= 11 is 0. The third kappa shape index (κ3) is 3.03. The van der Waals surface area contributed by atoms with E-state index in [1.165, 1.54) is 31.3 Å². The molecule has 0 aromatic heterocycles. The zero-order valence-corrected chi connectivity index (χ0v) is 11.0. The highest BCUT2D eigenvalue weighted by Gasteiger charge is 2.28. The number of hydrogen-bond acceptors (Lipinski definition) is 5. The molecule has 100 valence electrons. The molecule has 0 aliphatic rings. The van der Waals surface area contributed by atoms with Crippen molar-refractivity contribution in [2.24, 2.45) is 0 Å². The summed E-state index contributed by atoms with van der Waals surface area (Å²) in [4.78, 5) is 9.84. The second-order valence-corrected chi connectivity index (χ2v) is 5.67. The molecule has 18 heavy (non-hydrogen) atoms. The first-order valence-electron chi connectivity index (χ1n) is 5.25. The summed E-state index contributed by atoms with van der Waals surface area (Å²) in [5.74, 6) is 0. The second kappa shape index (κ2) is 5.89. The molecule has 0 aliphatic heterocycles. The van der Waals surface area contributed by atoms with Crippen LogP contribution in [-0.2, 0) is 10.0 Å². The van der Waals surface area contributed by atoms with Gasteiger partial charge in [0.1, 0.15) is 0 Å². The first kappa shape index (κ1) is 14.6. The SMILES string of the molecule is CNCCN(C)S(=O)(=O)c1ccccc1[N+](=O)[O-]. The first-order chi connectivity index (χ1) is 8.41. The van der Waals surface area contributed by atoms with Crippen molar-refractivity contribution >= 4 is 15.7 Å². The number of likely N-dealkylation sites (N-methyl/N-ethyl adjacent to an activating group) is 2. The van der Waals surface area contributed by atoms with Crippen LogP contribution in [0.15, 0.2) is 29.2 Å². The first-order valence-corrected chi connectivity index (χ1v) is 6.69. The van der Waals surface area contributed by atoms with Gasteiger partial charge < -0.3 is 5.32 Å². The number of nitro groups is 1. The number of sulfonamides is 1. The van der Waals surface area contributed by atoms with Gasteiger partial charge in [0.15, 0.2) is 4.90 Å². The van der Waals surface area contributed by atoms with Crippen molar-refractivity contribution in [2.75, 3.05) is 27.2 Å². The zero-order chi connectivity index (χ0) is 13.8. The van der Waals surface area contributed by atoms with Crippen LogP contribution in [-0.4, -0.2) is 44.8 Å². The maximum atomic E-state index is 12.2. The van der Waals surface area contributed by atoms with Crippen molar-refractivity contribution < 1.29 is 13.3 Å². The molecule has 0 radical (unpaired) electrons. The summed E-state index contributed by atoms with van der Waals surface area (Å²) in [5.41, 5.74) is -0.409. The molecule has 1 rings (SSSR count). The van der Waals surface area contributed by atoms with Crippen LogP contribution >= 0.6 is 0 Å².